The third kappa shape index (κ3) is 8.15. The van der Waals surface area contributed by atoms with Crippen LogP contribution in [0.1, 0.15) is 108 Å². The first-order chi connectivity index (χ1) is 18.8. The molecule has 0 spiro atoms. The third-order valence-corrected chi connectivity index (χ3v) is 8.18. The molecule has 1 heterocycles. The molecule has 0 radical (unpaired) electrons. The zero-order chi connectivity index (χ0) is 27.8. The Morgan fingerprint density at radius 1 is 1.00 bits per heavy atom. The van der Waals surface area contributed by atoms with E-state index in [1.807, 2.05) is 12.1 Å². The summed E-state index contributed by atoms with van der Waals surface area (Å²) in [5, 5.41) is 8.88. The minimum Gasteiger partial charge on any atom is -0.486 e. The topological polar surface area (TPSA) is 80.3 Å². The van der Waals surface area contributed by atoms with Crippen molar-refractivity contribution in [3.8, 4) is 5.75 Å². The van der Waals surface area contributed by atoms with Gasteiger partial charge in [0.15, 0.2) is 0 Å². The summed E-state index contributed by atoms with van der Waals surface area (Å²) in [6.45, 7) is 8.88. The van der Waals surface area contributed by atoms with Crippen LogP contribution >= 0.6 is 11.3 Å². The van der Waals surface area contributed by atoms with Gasteiger partial charge in [0.1, 0.15) is 23.1 Å². The van der Waals surface area contributed by atoms with Gasteiger partial charge >= 0.3 is 0 Å². The third-order valence-electron chi connectivity index (χ3n) is 7.36. The van der Waals surface area contributed by atoms with E-state index in [4.69, 9.17) is 4.74 Å². The Morgan fingerprint density at radius 2 is 1.67 bits per heavy atom. The molecule has 208 valence electrons. The van der Waals surface area contributed by atoms with Crippen molar-refractivity contribution < 1.29 is 14.3 Å². The van der Waals surface area contributed by atoms with Gasteiger partial charge in [-0.2, -0.15) is 0 Å². The van der Waals surface area contributed by atoms with Crippen LogP contribution in [0, 0.1) is 6.92 Å². The Hall–Kier alpha value is -3.19. The van der Waals surface area contributed by atoms with Crippen LogP contribution in [0.3, 0.4) is 0 Å². The first-order valence-electron chi connectivity index (χ1n) is 14.2. The molecule has 0 aliphatic heterocycles. The molecule has 39 heavy (non-hydrogen) atoms. The van der Waals surface area contributed by atoms with E-state index in [0.717, 1.165) is 54.8 Å². The fourth-order valence-corrected chi connectivity index (χ4v) is 5.66. The van der Waals surface area contributed by atoms with Crippen molar-refractivity contribution in [1.82, 2.24) is 15.6 Å². The van der Waals surface area contributed by atoms with Gasteiger partial charge in [0.25, 0.3) is 11.8 Å². The lowest BCUT2D eigenvalue weighted by Crippen LogP contribution is -2.43. The summed E-state index contributed by atoms with van der Waals surface area (Å²) in [5.41, 5.74) is 4.74. The predicted octanol–water partition coefficient (Wildman–Crippen LogP) is 6.97. The Bertz CT molecular complexity index is 1240. The van der Waals surface area contributed by atoms with Crippen molar-refractivity contribution in [3.05, 3.63) is 80.8 Å². The van der Waals surface area contributed by atoms with E-state index in [1.54, 1.807) is 5.38 Å². The van der Waals surface area contributed by atoms with E-state index in [2.05, 4.69) is 73.6 Å². The van der Waals surface area contributed by atoms with Crippen LogP contribution in [-0.4, -0.2) is 28.9 Å². The van der Waals surface area contributed by atoms with E-state index in [-0.39, 0.29) is 23.9 Å². The van der Waals surface area contributed by atoms with Gasteiger partial charge < -0.3 is 15.4 Å². The number of carbonyl (C=O) groups is 2. The Morgan fingerprint density at radius 3 is 2.31 bits per heavy atom. The normalized spacial score (nSPS) is 17.2. The maximum absolute atomic E-state index is 12.8. The number of aryl methyl sites for hydroxylation is 2. The number of aromatic nitrogens is 1. The first kappa shape index (κ1) is 28.8. The molecule has 0 unspecified atom stereocenters. The Kier molecular flexibility index (Phi) is 10.2. The van der Waals surface area contributed by atoms with E-state index >= 15 is 0 Å². The molecular weight excluding hydrogens is 506 g/mol. The average Bonchev–Trinajstić information content (AvgIpc) is 3.41. The summed E-state index contributed by atoms with van der Waals surface area (Å²) >= 11 is 1.44. The molecule has 4 rings (SSSR count). The quantitative estimate of drug-likeness (QED) is 0.272. The van der Waals surface area contributed by atoms with E-state index < -0.39 is 0 Å². The highest BCUT2D eigenvalue weighted by Gasteiger charge is 2.25. The fraction of sp³-hybridized carbons (Fsp3) is 0.469. The maximum atomic E-state index is 12.8. The lowest BCUT2D eigenvalue weighted by atomic mass is 9.91. The highest BCUT2D eigenvalue weighted by molar-refractivity contribution is 7.09. The number of amides is 2. The number of hydrogen-bond acceptors (Lipinski definition) is 5. The Balaban J connectivity index is 1.22. The zero-order valence-electron chi connectivity index (χ0n) is 23.6. The van der Waals surface area contributed by atoms with Gasteiger partial charge in [0.2, 0.25) is 0 Å². The summed E-state index contributed by atoms with van der Waals surface area (Å²) < 4.78 is 6.09. The lowest BCUT2D eigenvalue weighted by molar-refractivity contribution is 0.0889. The van der Waals surface area contributed by atoms with Gasteiger partial charge in [-0.15, -0.1) is 11.3 Å². The number of benzene rings is 2. The van der Waals surface area contributed by atoms with Gasteiger partial charge in [0.05, 0.1) is 0 Å². The SMILES string of the molecule is CCCCc1ccc(C(=O)NC2CCC(NC(=O)c3csc(COc4cc(C)ccc4C(C)C)n3)CC2)cc1. The smallest absolute Gasteiger partial charge is 0.270 e. The monoisotopic (exact) mass is 547 g/mol. The Labute approximate surface area is 236 Å². The van der Waals surface area contributed by atoms with Gasteiger partial charge in [-0.25, -0.2) is 4.98 Å². The molecular formula is C32H41N3O3S. The van der Waals surface area contributed by atoms with Gasteiger partial charge in [-0.3, -0.25) is 9.59 Å². The van der Waals surface area contributed by atoms with Gasteiger partial charge in [0, 0.05) is 23.0 Å². The summed E-state index contributed by atoms with van der Waals surface area (Å²) in [6.07, 6.45) is 6.73. The van der Waals surface area contributed by atoms with Crippen LogP contribution in [0.2, 0.25) is 0 Å². The minimum atomic E-state index is -0.147. The molecule has 1 aliphatic carbocycles. The number of thiazole rings is 1. The average molecular weight is 548 g/mol. The molecule has 2 N–H and O–H groups in total. The largest absolute Gasteiger partial charge is 0.486 e. The fourth-order valence-electron chi connectivity index (χ4n) is 4.98. The number of ether oxygens (including phenoxy) is 1. The zero-order valence-corrected chi connectivity index (χ0v) is 24.4. The molecule has 1 aromatic heterocycles. The molecule has 1 fully saturated rings. The van der Waals surface area contributed by atoms with Crippen LogP contribution in [0.5, 0.6) is 5.75 Å². The molecule has 0 saturated heterocycles. The highest BCUT2D eigenvalue weighted by atomic mass is 32.1. The van der Waals surface area contributed by atoms with Gasteiger partial charge in [-0.05, 0) is 86.3 Å². The number of rotatable bonds is 11. The van der Waals surface area contributed by atoms with Crippen molar-refractivity contribution >= 4 is 23.2 Å². The number of carbonyl (C=O) groups excluding carboxylic acids is 2. The first-order valence-corrected chi connectivity index (χ1v) is 15.1. The summed E-state index contributed by atoms with van der Waals surface area (Å²) in [6, 6.07) is 14.4. The standard InChI is InChI=1S/C32H41N3O3S/c1-5-6-7-23-9-11-24(12-10-23)31(36)33-25-13-15-26(16-14-25)34-32(37)28-20-39-30(35-28)19-38-29-18-22(4)8-17-27(29)21(2)3/h8-12,17-18,20-21,25-26H,5-7,13-16,19H2,1-4H3,(H,33,36)(H,34,37). The molecule has 7 heteroatoms. The van der Waals surface area contributed by atoms with Crippen LogP contribution in [0.15, 0.2) is 47.8 Å². The summed E-state index contributed by atoms with van der Waals surface area (Å²) in [4.78, 5) is 30.1. The van der Waals surface area contributed by atoms with E-state index in [9.17, 15) is 9.59 Å². The second kappa shape index (κ2) is 13.7. The predicted molar refractivity (Wildman–Crippen MR) is 158 cm³/mol. The maximum Gasteiger partial charge on any atom is 0.270 e. The number of nitrogens with zero attached hydrogens (tertiary/aromatic N) is 1. The van der Waals surface area contributed by atoms with Crippen molar-refractivity contribution in [2.45, 2.75) is 97.2 Å². The van der Waals surface area contributed by atoms with Crippen LogP contribution in [0.25, 0.3) is 0 Å². The van der Waals surface area contributed by atoms with E-state index in [0.29, 0.717) is 23.8 Å². The van der Waals surface area contributed by atoms with Crippen LogP contribution in [0.4, 0.5) is 0 Å². The molecule has 2 amide bonds. The molecule has 6 nitrogen and oxygen atoms in total. The lowest BCUT2D eigenvalue weighted by Gasteiger charge is -2.29. The van der Waals surface area contributed by atoms with Crippen LogP contribution in [-0.2, 0) is 13.0 Å². The number of hydrogen-bond donors (Lipinski definition) is 2. The van der Waals surface area contributed by atoms with Crippen molar-refractivity contribution in [2.75, 3.05) is 0 Å². The second-order valence-electron chi connectivity index (χ2n) is 10.9. The summed E-state index contributed by atoms with van der Waals surface area (Å²) in [5.74, 6) is 1.07. The highest BCUT2D eigenvalue weighted by Crippen LogP contribution is 2.28. The molecule has 2 aromatic carbocycles. The minimum absolute atomic E-state index is 0.0204. The van der Waals surface area contributed by atoms with Gasteiger partial charge in [-0.1, -0.05) is 51.5 Å². The molecule has 1 aliphatic rings. The number of unbranched alkanes of at least 4 members (excludes halogenated alkanes) is 1. The summed E-state index contributed by atoms with van der Waals surface area (Å²) in [7, 11) is 0. The molecule has 3 aromatic rings. The van der Waals surface area contributed by atoms with Crippen molar-refractivity contribution in [3.63, 3.8) is 0 Å². The molecule has 0 bridgehead atoms. The molecule has 0 atom stereocenters. The number of nitrogens with one attached hydrogen (secondary N) is 2. The van der Waals surface area contributed by atoms with Crippen molar-refractivity contribution in [2.24, 2.45) is 0 Å². The van der Waals surface area contributed by atoms with Crippen LogP contribution < -0.4 is 15.4 Å². The van der Waals surface area contributed by atoms with Crippen molar-refractivity contribution in [1.29, 1.82) is 0 Å². The molecule has 1 saturated carbocycles. The van der Waals surface area contributed by atoms with E-state index in [1.165, 1.54) is 28.9 Å². The second-order valence-corrected chi connectivity index (χ2v) is 11.8.